The minimum atomic E-state index is -0.945. The van der Waals surface area contributed by atoms with Crippen LogP contribution in [0.2, 0.25) is 0 Å². The molecule has 1 aromatic carbocycles. The van der Waals surface area contributed by atoms with Crippen LogP contribution in [0, 0.1) is 10.5 Å². The first-order valence-electron chi connectivity index (χ1n) is 10.2. The molecule has 2 aliphatic rings. The van der Waals surface area contributed by atoms with Gasteiger partial charge >= 0.3 is 0 Å². The molecule has 6 nitrogen and oxygen atoms in total. The first kappa shape index (κ1) is 19.3. The van der Waals surface area contributed by atoms with E-state index in [1.165, 1.54) is 27.4 Å². The molecule has 0 spiro atoms. The van der Waals surface area contributed by atoms with Crippen molar-refractivity contribution in [3.05, 3.63) is 51.1 Å². The predicted octanol–water partition coefficient (Wildman–Crippen LogP) is 3.34. The third-order valence-electron chi connectivity index (χ3n) is 6.38. The predicted molar refractivity (Wildman–Crippen MR) is 118 cm³/mol. The molecule has 2 aromatic heterocycles. The number of nitrogens with zero attached hydrogens (tertiary/aromatic N) is 3. The van der Waals surface area contributed by atoms with Crippen LogP contribution in [0.4, 0.5) is 0 Å². The topological polar surface area (TPSA) is 80.4 Å². The molecule has 152 valence electrons. The zero-order chi connectivity index (χ0) is 20.1. The Bertz CT molecular complexity index is 1070. The molecule has 0 saturated heterocycles. The fourth-order valence-corrected chi connectivity index (χ4v) is 5.56. The summed E-state index contributed by atoms with van der Waals surface area (Å²) in [5, 5.41) is 22.5. The molecule has 2 heterocycles. The van der Waals surface area contributed by atoms with Crippen LogP contribution in [0.1, 0.15) is 42.1 Å². The van der Waals surface area contributed by atoms with Gasteiger partial charge in [-0.25, -0.2) is 9.97 Å². The smallest absolute Gasteiger partial charge is 0.143 e. The second-order valence-electron chi connectivity index (χ2n) is 8.07. The van der Waals surface area contributed by atoms with Crippen molar-refractivity contribution in [3.8, 4) is 5.75 Å². The lowest BCUT2D eigenvalue weighted by molar-refractivity contribution is -0.0166. The van der Waals surface area contributed by atoms with Crippen molar-refractivity contribution in [1.82, 2.24) is 14.5 Å². The maximum atomic E-state index is 10.8. The van der Waals surface area contributed by atoms with Crippen LogP contribution in [0.15, 0.2) is 30.7 Å². The van der Waals surface area contributed by atoms with E-state index in [2.05, 4.69) is 38.6 Å². The fraction of sp³-hybridized carbons (Fsp3) is 0.455. The Morgan fingerprint density at radius 1 is 1.07 bits per heavy atom. The molecule has 1 saturated carbocycles. The summed E-state index contributed by atoms with van der Waals surface area (Å²) in [5.74, 6) is 0.854. The van der Waals surface area contributed by atoms with Crippen LogP contribution in [0.3, 0.4) is 0 Å². The Balaban J connectivity index is 1.44. The average Bonchev–Trinajstić information content (AvgIpc) is 3.28. The lowest BCUT2D eigenvalue weighted by atomic mass is 9.91. The van der Waals surface area contributed by atoms with Gasteiger partial charge in [-0.1, -0.05) is 0 Å². The van der Waals surface area contributed by atoms with Crippen LogP contribution < -0.4 is 4.74 Å². The summed E-state index contributed by atoms with van der Waals surface area (Å²) >= 11 is 2.39. The van der Waals surface area contributed by atoms with Crippen molar-refractivity contribution in [2.75, 3.05) is 0 Å². The number of fused-ring (bicyclic) bond motifs is 2. The fourth-order valence-electron chi connectivity index (χ4n) is 4.79. The van der Waals surface area contributed by atoms with Crippen molar-refractivity contribution in [2.24, 2.45) is 0 Å². The van der Waals surface area contributed by atoms with Gasteiger partial charge in [-0.3, -0.25) is 0 Å². The lowest BCUT2D eigenvalue weighted by Crippen LogP contribution is -2.34. The summed E-state index contributed by atoms with van der Waals surface area (Å²) in [6, 6.07) is 5.78. The Morgan fingerprint density at radius 3 is 2.69 bits per heavy atom. The molecular formula is C22H24IN3O3. The lowest BCUT2D eigenvalue weighted by Gasteiger charge is -2.24. The van der Waals surface area contributed by atoms with Gasteiger partial charge in [0.15, 0.2) is 0 Å². The van der Waals surface area contributed by atoms with Crippen LogP contribution in [-0.4, -0.2) is 43.1 Å². The summed E-state index contributed by atoms with van der Waals surface area (Å²) in [6.07, 6.45) is 6.13. The van der Waals surface area contributed by atoms with Crippen molar-refractivity contribution in [3.63, 3.8) is 0 Å². The summed E-state index contributed by atoms with van der Waals surface area (Å²) in [7, 11) is 0. The monoisotopic (exact) mass is 505 g/mol. The molecule has 0 aliphatic heterocycles. The van der Waals surface area contributed by atoms with Crippen molar-refractivity contribution in [1.29, 1.82) is 0 Å². The standard InChI is InChI=1S/C22H24IN3O3/c1-12-13-8-9-26(22(13)25-11-24-12)17-10-19(21(28)20(17)27)29-18-7-6-16(23)14-4-2-3-5-15(14)18/h6-9,11,17,19-21,27-28H,2-5,10H2,1H3/t17?,19?,20-,21+/m0/s1. The van der Waals surface area contributed by atoms with Crippen LogP contribution in [0.5, 0.6) is 5.75 Å². The van der Waals surface area contributed by atoms with E-state index >= 15 is 0 Å². The minimum absolute atomic E-state index is 0.290. The van der Waals surface area contributed by atoms with Gasteiger partial charge in [-0.2, -0.15) is 0 Å². The van der Waals surface area contributed by atoms with E-state index in [0.717, 1.165) is 41.7 Å². The van der Waals surface area contributed by atoms with Gasteiger partial charge in [-0.05, 0) is 84.5 Å². The van der Waals surface area contributed by atoms with Gasteiger partial charge in [0.1, 0.15) is 36.0 Å². The highest BCUT2D eigenvalue weighted by atomic mass is 127. The number of hydrogen-bond acceptors (Lipinski definition) is 5. The molecule has 0 amide bonds. The quantitative estimate of drug-likeness (QED) is 0.534. The number of aliphatic hydroxyl groups is 2. The second-order valence-corrected chi connectivity index (χ2v) is 9.23. The molecule has 2 unspecified atom stereocenters. The van der Waals surface area contributed by atoms with Crippen LogP contribution in [-0.2, 0) is 12.8 Å². The zero-order valence-electron chi connectivity index (χ0n) is 16.3. The molecule has 3 aromatic rings. The SMILES string of the molecule is Cc1ncnc2c1ccn2C1CC(Oc2ccc(I)c3c2CCCC3)[C@@H](O)[C@H]1O. The summed E-state index contributed by atoms with van der Waals surface area (Å²) in [5.41, 5.74) is 4.33. The summed E-state index contributed by atoms with van der Waals surface area (Å²) < 4.78 is 9.55. The van der Waals surface area contributed by atoms with Gasteiger partial charge in [0.25, 0.3) is 0 Å². The molecule has 1 fully saturated rings. The van der Waals surface area contributed by atoms with E-state index in [1.807, 2.05) is 29.8 Å². The highest BCUT2D eigenvalue weighted by Gasteiger charge is 2.44. The molecule has 2 aliphatic carbocycles. The van der Waals surface area contributed by atoms with Gasteiger partial charge in [-0.15, -0.1) is 0 Å². The highest BCUT2D eigenvalue weighted by Crippen LogP contribution is 2.39. The number of ether oxygens (including phenoxy) is 1. The second kappa shape index (κ2) is 7.52. The molecule has 29 heavy (non-hydrogen) atoms. The van der Waals surface area contributed by atoms with E-state index < -0.39 is 18.3 Å². The van der Waals surface area contributed by atoms with Crippen molar-refractivity contribution < 1.29 is 14.9 Å². The van der Waals surface area contributed by atoms with Gasteiger partial charge in [0.05, 0.1) is 11.7 Å². The van der Waals surface area contributed by atoms with E-state index in [9.17, 15) is 10.2 Å². The number of benzene rings is 1. The maximum Gasteiger partial charge on any atom is 0.143 e. The highest BCUT2D eigenvalue weighted by molar-refractivity contribution is 14.1. The Hall–Kier alpha value is -1.71. The Morgan fingerprint density at radius 2 is 1.86 bits per heavy atom. The van der Waals surface area contributed by atoms with Crippen LogP contribution in [0.25, 0.3) is 11.0 Å². The number of aryl methyl sites for hydroxylation is 1. The first-order chi connectivity index (χ1) is 14.0. The first-order valence-corrected chi connectivity index (χ1v) is 11.2. The molecule has 4 atom stereocenters. The zero-order valence-corrected chi connectivity index (χ0v) is 18.4. The van der Waals surface area contributed by atoms with Gasteiger partial charge in [0.2, 0.25) is 0 Å². The van der Waals surface area contributed by atoms with Crippen LogP contribution >= 0.6 is 22.6 Å². The van der Waals surface area contributed by atoms with Crippen molar-refractivity contribution >= 4 is 33.6 Å². The van der Waals surface area contributed by atoms with E-state index in [0.29, 0.717) is 6.42 Å². The summed E-state index contributed by atoms with van der Waals surface area (Å²) in [4.78, 5) is 8.64. The van der Waals surface area contributed by atoms with E-state index in [4.69, 9.17) is 4.74 Å². The summed E-state index contributed by atoms with van der Waals surface area (Å²) in [6.45, 7) is 1.94. The Kier molecular flexibility index (Phi) is 4.99. The maximum absolute atomic E-state index is 10.8. The van der Waals surface area contributed by atoms with Crippen molar-refractivity contribution in [2.45, 2.75) is 63.4 Å². The number of halogens is 1. The third kappa shape index (κ3) is 3.23. The molecule has 0 radical (unpaired) electrons. The number of hydrogen-bond donors (Lipinski definition) is 2. The molecule has 0 bridgehead atoms. The molecule has 2 N–H and O–H groups in total. The number of aliphatic hydroxyl groups excluding tert-OH is 2. The molecule has 7 heteroatoms. The van der Waals surface area contributed by atoms with E-state index in [1.54, 1.807) is 0 Å². The number of aromatic nitrogens is 3. The molecular weight excluding hydrogens is 481 g/mol. The van der Waals surface area contributed by atoms with E-state index in [-0.39, 0.29) is 6.04 Å². The third-order valence-corrected chi connectivity index (χ3v) is 7.39. The van der Waals surface area contributed by atoms with Gasteiger partial charge in [0, 0.05) is 21.6 Å². The average molecular weight is 505 g/mol. The Labute approximate surface area is 183 Å². The largest absolute Gasteiger partial charge is 0.487 e. The minimum Gasteiger partial charge on any atom is -0.487 e. The number of rotatable bonds is 3. The van der Waals surface area contributed by atoms with Gasteiger partial charge < -0.3 is 19.5 Å². The normalized spacial score (nSPS) is 26.6. The molecule has 5 rings (SSSR count).